The largest absolute Gasteiger partial charge is 0.336 e. The summed E-state index contributed by atoms with van der Waals surface area (Å²) in [6, 6.07) is 0. The molecule has 0 aliphatic heterocycles. The van der Waals surface area contributed by atoms with Gasteiger partial charge in [-0.05, 0) is 63.2 Å². The van der Waals surface area contributed by atoms with Crippen LogP contribution in [0.25, 0.3) is 0 Å². The Morgan fingerprint density at radius 2 is 1.65 bits per heavy atom. The second-order valence-corrected chi connectivity index (χ2v) is 6.68. The van der Waals surface area contributed by atoms with Crippen LogP contribution in [0.4, 0.5) is 0 Å². The summed E-state index contributed by atoms with van der Waals surface area (Å²) in [5.41, 5.74) is 0.190. The first-order chi connectivity index (χ1) is 8.16. The first kappa shape index (κ1) is 11.8. The molecule has 4 saturated carbocycles. The number of carbonyl (C=O) groups excluding carboxylic acids is 1. The molecule has 96 valence electrons. The van der Waals surface area contributed by atoms with Crippen LogP contribution in [0.1, 0.15) is 45.4 Å². The van der Waals surface area contributed by atoms with Crippen molar-refractivity contribution in [1.82, 2.24) is 4.90 Å². The molecule has 0 aromatic rings. The average molecular weight is 256 g/mol. The molecule has 4 bridgehead atoms. The molecule has 3 heteroatoms. The Morgan fingerprint density at radius 3 is 2.00 bits per heavy atom. The predicted molar refractivity (Wildman–Crippen MR) is 69.0 cm³/mol. The topological polar surface area (TPSA) is 20.3 Å². The molecule has 4 aliphatic carbocycles. The maximum Gasteiger partial charge on any atom is 0.237 e. The molecule has 0 spiro atoms. The molecule has 0 N–H and O–H groups in total. The summed E-state index contributed by atoms with van der Waals surface area (Å²) in [5.74, 6) is 2.96. The number of carbonyl (C=O) groups is 1. The minimum Gasteiger partial charge on any atom is -0.336 e. The zero-order valence-corrected chi connectivity index (χ0v) is 11.4. The van der Waals surface area contributed by atoms with Gasteiger partial charge in [-0.1, -0.05) is 0 Å². The Morgan fingerprint density at radius 1 is 1.18 bits per heavy atom. The Kier molecular flexibility index (Phi) is 2.89. The van der Waals surface area contributed by atoms with Crippen molar-refractivity contribution in [2.24, 2.45) is 17.8 Å². The van der Waals surface area contributed by atoms with E-state index < -0.39 is 0 Å². The molecule has 1 amide bonds. The maximum absolute atomic E-state index is 12.1. The predicted octanol–water partition coefficient (Wildman–Crippen LogP) is 3.04. The van der Waals surface area contributed by atoms with Gasteiger partial charge in [0, 0.05) is 12.1 Å². The Balaban J connectivity index is 1.87. The van der Waals surface area contributed by atoms with E-state index in [1.165, 1.54) is 38.5 Å². The third-order valence-corrected chi connectivity index (χ3v) is 5.54. The van der Waals surface area contributed by atoms with Crippen molar-refractivity contribution >= 4 is 17.5 Å². The normalized spacial score (nSPS) is 42.8. The number of hydrogen-bond donors (Lipinski definition) is 0. The van der Waals surface area contributed by atoms with Crippen molar-refractivity contribution in [2.75, 3.05) is 12.4 Å². The Bertz CT molecular complexity index is 293. The molecule has 4 aliphatic rings. The molecule has 17 heavy (non-hydrogen) atoms. The summed E-state index contributed by atoms with van der Waals surface area (Å²) in [5, 5.41) is 0. The average Bonchev–Trinajstić information content (AvgIpc) is 2.27. The molecule has 0 radical (unpaired) electrons. The molecule has 4 rings (SSSR count). The van der Waals surface area contributed by atoms with Crippen LogP contribution in [0.3, 0.4) is 0 Å². The smallest absolute Gasteiger partial charge is 0.237 e. The van der Waals surface area contributed by atoms with Crippen molar-refractivity contribution < 1.29 is 4.79 Å². The Hall–Kier alpha value is -0.240. The lowest BCUT2D eigenvalue weighted by Gasteiger charge is -2.60. The van der Waals surface area contributed by atoms with Crippen LogP contribution in [0, 0.1) is 17.8 Å². The van der Waals surface area contributed by atoms with Crippen LogP contribution in [-0.4, -0.2) is 28.8 Å². The van der Waals surface area contributed by atoms with Crippen molar-refractivity contribution in [3.8, 4) is 0 Å². The highest BCUT2D eigenvalue weighted by atomic mass is 35.5. The van der Waals surface area contributed by atoms with E-state index in [1.54, 1.807) is 0 Å². The highest BCUT2D eigenvalue weighted by Crippen LogP contribution is 2.57. The molecule has 0 saturated heterocycles. The van der Waals surface area contributed by atoms with Crippen LogP contribution >= 0.6 is 11.6 Å². The van der Waals surface area contributed by atoms with Gasteiger partial charge in [-0.25, -0.2) is 0 Å². The van der Waals surface area contributed by atoms with E-state index in [9.17, 15) is 4.79 Å². The van der Waals surface area contributed by atoms with Gasteiger partial charge in [0.1, 0.15) is 5.88 Å². The lowest BCUT2D eigenvalue weighted by Crippen LogP contribution is -2.61. The van der Waals surface area contributed by atoms with Gasteiger partial charge in [-0.3, -0.25) is 4.79 Å². The summed E-state index contributed by atoms with van der Waals surface area (Å²) in [6.45, 7) is 2.93. The van der Waals surface area contributed by atoms with Gasteiger partial charge < -0.3 is 4.90 Å². The first-order valence-corrected chi connectivity index (χ1v) is 7.56. The maximum atomic E-state index is 12.1. The van der Waals surface area contributed by atoms with Crippen LogP contribution in [-0.2, 0) is 4.79 Å². The van der Waals surface area contributed by atoms with E-state index in [-0.39, 0.29) is 17.3 Å². The van der Waals surface area contributed by atoms with Gasteiger partial charge in [0.05, 0.1) is 0 Å². The van der Waals surface area contributed by atoms with Gasteiger partial charge in [-0.15, -0.1) is 11.6 Å². The number of nitrogens with zero attached hydrogens (tertiary/aromatic N) is 1. The van der Waals surface area contributed by atoms with Crippen LogP contribution in [0.15, 0.2) is 0 Å². The number of hydrogen-bond acceptors (Lipinski definition) is 1. The van der Waals surface area contributed by atoms with Crippen molar-refractivity contribution in [2.45, 2.75) is 51.0 Å². The second-order valence-electron chi connectivity index (χ2n) is 6.41. The molecule has 0 atom stereocenters. The van der Waals surface area contributed by atoms with Gasteiger partial charge >= 0.3 is 0 Å². The molecule has 4 fully saturated rings. The summed E-state index contributed by atoms with van der Waals surface area (Å²) in [7, 11) is 0. The fourth-order valence-electron chi connectivity index (χ4n) is 5.24. The molecule has 0 unspecified atom stereocenters. The standard InChI is InChI=1S/C14H22ClNO/c1-2-16(13(17)9-15)14-6-10-3-11(7-14)5-12(4-10)8-14/h10-12H,2-9H2,1H3. The van der Waals surface area contributed by atoms with Gasteiger partial charge in [0.15, 0.2) is 0 Å². The molecule has 2 nitrogen and oxygen atoms in total. The minimum atomic E-state index is 0.148. The van der Waals surface area contributed by atoms with E-state index in [0.717, 1.165) is 24.3 Å². The molecule has 0 aromatic carbocycles. The third-order valence-electron chi connectivity index (χ3n) is 5.31. The molecule has 0 aromatic heterocycles. The quantitative estimate of drug-likeness (QED) is 0.710. The van der Waals surface area contributed by atoms with Gasteiger partial charge in [0.2, 0.25) is 5.91 Å². The highest BCUT2D eigenvalue weighted by molar-refractivity contribution is 6.27. The molecular weight excluding hydrogens is 234 g/mol. The van der Waals surface area contributed by atoms with Crippen molar-refractivity contribution in [3.63, 3.8) is 0 Å². The summed E-state index contributed by atoms with van der Waals surface area (Å²) >= 11 is 5.77. The SMILES string of the molecule is CCN(C(=O)CCl)C12CC3CC(CC(C3)C1)C2. The monoisotopic (exact) mass is 255 g/mol. The number of halogens is 1. The van der Waals surface area contributed by atoms with Crippen LogP contribution in [0.5, 0.6) is 0 Å². The molecular formula is C14H22ClNO. The third kappa shape index (κ3) is 1.80. The fourth-order valence-corrected chi connectivity index (χ4v) is 5.39. The number of rotatable bonds is 3. The zero-order valence-electron chi connectivity index (χ0n) is 10.6. The van der Waals surface area contributed by atoms with Gasteiger partial charge in [-0.2, -0.15) is 0 Å². The number of alkyl halides is 1. The van der Waals surface area contributed by atoms with Crippen molar-refractivity contribution in [1.29, 1.82) is 0 Å². The van der Waals surface area contributed by atoms with E-state index >= 15 is 0 Å². The molecule has 0 heterocycles. The van der Waals surface area contributed by atoms with E-state index in [4.69, 9.17) is 11.6 Å². The van der Waals surface area contributed by atoms with Crippen LogP contribution in [0.2, 0.25) is 0 Å². The first-order valence-electron chi connectivity index (χ1n) is 7.03. The highest BCUT2D eigenvalue weighted by Gasteiger charge is 2.54. The fraction of sp³-hybridized carbons (Fsp3) is 0.929. The minimum absolute atomic E-state index is 0.148. The Labute approximate surface area is 109 Å². The second kappa shape index (κ2) is 4.15. The number of amides is 1. The van der Waals surface area contributed by atoms with E-state index in [2.05, 4.69) is 11.8 Å². The van der Waals surface area contributed by atoms with Crippen LogP contribution < -0.4 is 0 Å². The zero-order chi connectivity index (χ0) is 12.0. The summed E-state index contributed by atoms with van der Waals surface area (Å²) < 4.78 is 0. The van der Waals surface area contributed by atoms with Gasteiger partial charge in [0.25, 0.3) is 0 Å². The lowest BCUT2D eigenvalue weighted by atomic mass is 9.52. The van der Waals surface area contributed by atoms with Crippen molar-refractivity contribution in [3.05, 3.63) is 0 Å². The summed E-state index contributed by atoms with van der Waals surface area (Å²) in [4.78, 5) is 14.2. The summed E-state index contributed by atoms with van der Waals surface area (Å²) in [6.07, 6.45) is 8.00. The van der Waals surface area contributed by atoms with E-state index in [0.29, 0.717) is 0 Å². The lowest BCUT2D eigenvalue weighted by molar-refractivity contribution is -0.147. The van der Waals surface area contributed by atoms with E-state index in [1.807, 2.05) is 0 Å².